The van der Waals surface area contributed by atoms with Crippen molar-refractivity contribution in [3.63, 3.8) is 0 Å². The van der Waals surface area contributed by atoms with E-state index in [4.69, 9.17) is 5.11 Å². The van der Waals surface area contributed by atoms with Crippen LogP contribution in [0, 0.1) is 11.8 Å². The molecule has 0 aromatic rings. The lowest BCUT2D eigenvalue weighted by Gasteiger charge is -2.15. The summed E-state index contributed by atoms with van der Waals surface area (Å²) in [6.07, 6.45) is 18.8. The fourth-order valence-electron chi connectivity index (χ4n) is 3.74. The molecule has 4 heteroatoms. The van der Waals surface area contributed by atoms with Crippen molar-refractivity contribution in [1.82, 2.24) is 0 Å². The van der Waals surface area contributed by atoms with E-state index in [1.165, 1.54) is 44.9 Å². The van der Waals surface area contributed by atoms with Gasteiger partial charge in [-0.15, -0.1) is 0 Å². The van der Waals surface area contributed by atoms with Gasteiger partial charge in [0.2, 0.25) is 0 Å². The van der Waals surface area contributed by atoms with Gasteiger partial charge in [-0.1, -0.05) is 69.8 Å². The van der Waals surface area contributed by atoms with Crippen LogP contribution in [0.25, 0.3) is 0 Å². The molecule has 3 N–H and O–H groups in total. The quantitative estimate of drug-likeness (QED) is 0.303. The molecule has 1 aliphatic rings. The standard InChI is InChI=1S/C22H38O4/c1-2-3-4-5-6-13-20(23)16-15-19-12-9-11-18(19)10-7-8-14-21(24)17-22(25)26/h7-8,15-16,18-21,23-24H,2-6,9-14,17H2,1H3,(H,25,26)/t18-,19+,20?,21?/m0/s1. The lowest BCUT2D eigenvalue weighted by atomic mass is 9.91. The van der Waals surface area contributed by atoms with Crippen molar-refractivity contribution in [2.24, 2.45) is 11.8 Å². The van der Waals surface area contributed by atoms with Gasteiger partial charge >= 0.3 is 5.97 Å². The molecular weight excluding hydrogens is 328 g/mol. The minimum atomic E-state index is -0.962. The van der Waals surface area contributed by atoms with Crippen molar-refractivity contribution in [1.29, 1.82) is 0 Å². The predicted octanol–water partition coefficient (Wildman–Crippen LogP) is 4.85. The molecule has 0 heterocycles. The lowest BCUT2D eigenvalue weighted by Crippen LogP contribution is -2.11. The van der Waals surface area contributed by atoms with Gasteiger partial charge in [0, 0.05) is 0 Å². The maximum atomic E-state index is 10.5. The van der Waals surface area contributed by atoms with Crippen molar-refractivity contribution in [2.45, 2.75) is 96.2 Å². The van der Waals surface area contributed by atoms with Crippen LogP contribution in [0.5, 0.6) is 0 Å². The summed E-state index contributed by atoms with van der Waals surface area (Å²) in [6.45, 7) is 2.21. The summed E-state index contributed by atoms with van der Waals surface area (Å²) in [5, 5.41) is 28.3. The molecule has 1 aliphatic carbocycles. The van der Waals surface area contributed by atoms with Crippen molar-refractivity contribution in [2.75, 3.05) is 0 Å². The van der Waals surface area contributed by atoms with E-state index in [2.05, 4.69) is 19.1 Å². The number of hydrogen-bond donors (Lipinski definition) is 3. The van der Waals surface area contributed by atoms with Crippen LogP contribution >= 0.6 is 0 Å². The van der Waals surface area contributed by atoms with E-state index in [-0.39, 0.29) is 12.5 Å². The Morgan fingerprint density at radius 1 is 1.12 bits per heavy atom. The normalized spacial score (nSPS) is 23.0. The van der Waals surface area contributed by atoms with Gasteiger partial charge in [0.05, 0.1) is 18.6 Å². The number of hydrogen-bond acceptors (Lipinski definition) is 3. The average molecular weight is 367 g/mol. The molecule has 0 radical (unpaired) electrons. The number of carbonyl (C=O) groups is 1. The van der Waals surface area contributed by atoms with Crippen molar-refractivity contribution < 1.29 is 20.1 Å². The molecule has 0 amide bonds. The highest BCUT2D eigenvalue weighted by Crippen LogP contribution is 2.35. The Morgan fingerprint density at radius 2 is 1.88 bits per heavy atom. The highest BCUT2D eigenvalue weighted by Gasteiger charge is 2.24. The second-order valence-corrected chi connectivity index (χ2v) is 7.70. The fraction of sp³-hybridized carbons (Fsp3) is 0.773. The van der Waals surface area contributed by atoms with Crippen molar-refractivity contribution in [3.05, 3.63) is 24.3 Å². The van der Waals surface area contributed by atoms with E-state index in [9.17, 15) is 15.0 Å². The van der Waals surface area contributed by atoms with Crippen LogP contribution in [-0.4, -0.2) is 33.5 Å². The zero-order valence-electron chi connectivity index (χ0n) is 16.4. The number of carboxylic acids is 1. The zero-order chi connectivity index (χ0) is 19.2. The molecule has 0 aliphatic heterocycles. The molecule has 1 fully saturated rings. The molecule has 150 valence electrons. The summed E-state index contributed by atoms with van der Waals surface area (Å²) in [4.78, 5) is 10.5. The van der Waals surface area contributed by atoms with Crippen LogP contribution in [0.15, 0.2) is 24.3 Å². The topological polar surface area (TPSA) is 77.8 Å². The van der Waals surface area contributed by atoms with E-state index in [0.29, 0.717) is 18.3 Å². The first-order valence-electron chi connectivity index (χ1n) is 10.4. The van der Waals surface area contributed by atoms with Gasteiger partial charge in [0.15, 0.2) is 0 Å². The highest BCUT2D eigenvalue weighted by atomic mass is 16.4. The zero-order valence-corrected chi connectivity index (χ0v) is 16.4. The number of carboxylic acid groups (broad SMARTS) is 1. The third kappa shape index (κ3) is 10.8. The molecule has 0 aromatic heterocycles. The first-order chi connectivity index (χ1) is 12.5. The SMILES string of the molecule is CCCCCCCC(O)C=C[C@H]1CCC[C@@H]1CC=CCC(O)CC(=O)O. The molecular formula is C22H38O4. The Balaban J connectivity index is 2.25. The molecule has 4 atom stereocenters. The summed E-state index contributed by atoms with van der Waals surface area (Å²) in [5.41, 5.74) is 0. The van der Waals surface area contributed by atoms with Crippen LogP contribution in [0.2, 0.25) is 0 Å². The fourth-order valence-corrected chi connectivity index (χ4v) is 3.74. The Hall–Kier alpha value is -1.13. The summed E-state index contributed by atoms with van der Waals surface area (Å²) in [7, 11) is 0. The van der Waals surface area contributed by atoms with E-state index < -0.39 is 12.1 Å². The first-order valence-corrected chi connectivity index (χ1v) is 10.4. The van der Waals surface area contributed by atoms with Crippen LogP contribution in [0.3, 0.4) is 0 Å². The molecule has 26 heavy (non-hydrogen) atoms. The lowest BCUT2D eigenvalue weighted by molar-refractivity contribution is -0.139. The molecule has 4 nitrogen and oxygen atoms in total. The summed E-state index contributed by atoms with van der Waals surface area (Å²) >= 11 is 0. The molecule has 0 bridgehead atoms. The van der Waals surface area contributed by atoms with Gasteiger partial charge in [0.1, 0.15) is 0 Å². The molecule has 0 saturated heterocycles. The smallest absolute Gasteiger partial charge is 0.305 e. The van der Waals surface area contributed by atoms with E-state index in [0.717, 1.165) is 19.3 Å². The molecule has 0 aromatic carbocycles. The van der Waals surface area contributed by atoms with Crippen molar-refractivity contribution >= 4 is 5.97 Å². The Labute approximate surface area is 159 Å². The van der Waals surface area contributed by atoms with Crippen LogP contribution in [-0.2, 0) is 4.79 Å². The first kappa shape index (κ1) is 22.9. The van der Waals surface area contributed by atoms with Crippen molar-refractivity contribution in [3.8, 4) is 0 Å². The summed E-state index contributed by atoms with van der Waals surface area (Å²) in [5.74, 6) is 0.157. The average Bonchev–Trinajstić information content (AvgIpc) is 3.03. The monoisotopic (exact) mass is 366 g/mol. The molecule has 0 spiro atoms. The van der Waals surface area contributed by atoms with E-state index in [1.54, 1.807) is 0 Å². The van der Waals surface area contributed by atoms with E-state index in [1.807, 2.05) is 12.2 Å². The maximum absolute atomic E-state index is 10.5. The van der Waals surface area contributed by atoms with Gasteiger partial charge in [0.25, 0.3) is 0 Å². The highest BCUT2D eigenvalue weighted by molar-refractivity contribution is 5.67. The van der Waals surface area contributed by atoms with Crippen LogP contribution in [0.1, 0.15) is 84.0 Å². The second kappa shape index (κ2) is 14.0. The molecule has 1 rings (SSSR count). The largest absolute Gasteiger partial charge is 0.481 e. The maximum Gasteiger partial charge on any atom is 0.305 e. The predicted molar refractivity (Wildman–Crippen MR) is 106 cm³/mol. The van der Waals surface area contributed by atoms with Gasteiger partial charge in [-0.2, -0.15) is 0 Å². The summed E-state index contributed by atoms with van der Waals surface area (Å²) < 4.78 is 0. The Kier molecular flexibility index (Phi) is 12.3. The van der Waals surface area contributed by atoms with Gasteiger partial charge in [-0.3, -0.25) is 4.79 Å². The van der Waals surface area contributed by atoms with Gasteiger partial charge < -0.3 is 15.3 Å². The number of aliphatic hydroxyl groups excluding tert-OH is 2. The second-order valence-electron chi connectivity index (χ2n) is 7.70. The number of aliphatic hydroxyl groups is 2. The number of rotatable bonds is 14. The van der Waals surface area contributed by atoms with E-state index >= 15 is 0 Å². The number of allylic oxidation sites excluding steroid dienone is 2. The molecule has 1 saturated carbocycles. The third-order valence-electron chi connectivity index (χ3n) is 5.33. The summed E-state index contributed by atoms with van der Waals surface area (Å²) in [6, 6.07) is 0. The molecule has 2 unspecified atom stereocenters. The number of unbranched alkanes of at least 4 members (excludes halogenated alkanes) is 4. The Morgan fingerprint density at radius 3 is 2.62 bits per heavy atom. The van der Waals surface area contributed by atoms with Crippen LogP contribution < -0.4 is 0 Å². The minimum absolute atomic E-state index is 0.199. The third-order valence-corrected chi connectivity index (χ3v) is 5.33. The van der Waals surface area contributed by atoms with Gasteiger partial charge in [-0.25, -0.2) is 0 Å². The Bertz CT molecular complexity index is 430. The minimum Gasteiger partial charge on any atom is -0.481 e. The number of aliphatic carboxylic acids is 1. The van der Waals surface area contributed by atoms with Crippen LogP contribution in [0.4, 0.5) is 0 Å². The van der Waals surface area contributed by atoms with Gasteiger partial charge in [-0.05, 0) is 43.9 Å².